The second-order valence-corrected chi connectivity index (χ2v) is 7.78. The first kappa shape index (κ1) is 23.2. The van der Waals surface area contributed by atoms with Crippen LogP contribution in [0.3, 0.4) is 0 Å². The summed E-state index contributed by atoms with van der Waals surface area (Å²) in [7, 11) is 0. The molecule has 0 aromatic carbocycles. The van der Waals surface area contributed by atoms with Gasteiger partial charge >= 0.3 is 5.97 Å². The van der Waals surface area contributed by atoms with Crippen LogP contribution in [0.1, 0.15) is 59.3 Å². The number of aliphatic carboxylic acids is 1. The lowest BCUT2D eigenvalue weighted by Crippen LogP contribution is -2.54. The Morgan fingerprint density at radius 1 is 1.19 bits per heavy atom. The van der Waals surface area contributed by atoms with Crippen molar-refractivity contribution in [1.29, 1.82) is 0 Å². The molecule has 1 saturated heterocycles. The van der Waals surface area contributed by atoms with Gasteiger partial charge in [-0.25, -0.2) is 0 Å². The largest absolute Gasteiger partial charge is 0.480 e. The van der Waals surface area contributed by atoms with Gasteiger partial charge in [-0.1, -0.05) is 26.7 Å². The summed E-state index contributed by atoms with van der Waals surface area (Å²) in [5, 5.41) is 12.3. The van der Waals surface area contributed by atoms with Crippen molar-refractivity contribution in [2.75, 3.05) is 26.2 Å². The molecule has 152 valence electrons. The number of carboxylic acid groups (broad SMARTS) is 1. The van der Waals surface area contributed by atoms with Crippen LogP contribution < -0.4 is 5.32 Å². The Morgan fingerprint density at radius 2 is 1.81 bits per heavy atom. The van der Waals surface area contributed by atoms with Crippen LogP contribution in [-0.2, 0) is 9.59 Å². The van der Waals surface area contributed by atoms with E-state index in [1.54, 1.807) is 0 Å². The van der Waals surface area contributed by atoms with Crippen molar-refractivity contribution in [3.8, 4) is 0 Å². The maximum atomic E-state index is 12.6. The quantitative estimate of drug-likeness (QED) is 0.699. The standard InChI is InChI=1S/C19H35N3O3.ClH/c1-4-21(13-18(23)24)16-9-11-22(12-10-16)15(3)19(25)20-17-8-6-5-7-14(17)2;/h14-17H,4-13H2,1-3H3,(H,20,25)(H,23,24);1H. The fourth-order valence-electron chi connectivity index (χ4n) is 4.31. The zero-order valence-corrected chi connectivity index (χ0v) is 17.3. The first-order chi connectivity index (χ1) is 11.9. The number of likely N-dealkylation sites (N-methyl/N-ethyl adjacent to an activating group) is 1. The van der Waals surface area contributed by atoms with Crippen LogP contribution in [0, 0.1) is 5.92 Å². The Kier molecular flexibility index (Phi) is 9.90. The molecule has 2 rings (SSSR count). The molecule has 3 unspecified atom stereocenters. The van der Waals surface area contributed by atoms with Crippen LogP contribution in [0.2, 0.25) is 0 Å². The number of nitrogens with zero attached hydrogens (tertiary/aromatic N) is 2. The van der Waals surface area contributed by atoms with Gasteiger partial charge in [0.2, 0.25) is 5.91 Å². The Labute approximate surface area is 164 Å². The summed E-state index contributed by atoms with van der Waals surface area (Å²) >= 11 is 0. The highest BCUT2D eigenvalue weighted by molar-refractivity contribution is 5.85. The Morgan fingerprint density at radius 3 is 2.35 bits per heavy atom. The fourth-order valence-corrected chi connectivity index (χ4v) is 4.31. The van der Waals surface area contributed by atoms with E-state index in [-0.39, 0.29) is 30.9 Å². The van der Waals surface area contributed by atoms with Crippen molar-refractivity contribution in [3.63, 3.8) is 0 Å². The summed E-state index contributed by atoms with van der Waals surface area (Å²) < 4.78 is 0. The van der Waals surface area contributed by atoms with E-state index in [1.165, 1.54) is 19.3 Å². The average Bonchev–Trinajstić information content (AvgIpc) is 2.61. The third kappa shape index (κ3) is 6.39. The van der Waals surface area contributed by atoms with Crippen LogP contribution in [-0.4, -0.2) is 71.1 Å². The molecule has 2 aliphatic rings. The lowest BCUT2D eigenvalue weighted by molar-refractivity contribution is -0.139. The smallest absolute Gasteiger partial charge is 0.317 e. The number of amides is 1. The van der Waals surface area contributed by atoms with E-state index in [0.29, 0.717) is 18.0 Å². The van der Waals surface area contributed by atoms with Crippen molar-refractivity contribution < 1.29 is 14.7 Å². The van der Waals surface area contributed by atoms with Crippen molar-refractivity contribution >= 4 is 24.3 Å². The van der Waals surface area contributed by atoms with Gasteiger partial charge in [-0.15, -0.1) is 12.4 Å². The third-order valence-corrected chi connectivity index (χ3v) is 6.13. The number of hydrogen-bond acceptors (Lipinski definition) is 4. The maximum absolute atomic E-state index is 12.6. The molecule has 0 radical (unpaired) electrons. The molecular weight excluding hydrogens is 354 g/mol. The summed E-state index contributed by atoms with van der Waals surface area (Å²) in [5.74, 6) is -0.0431. The van der Waals surface area contributed by atoms with E-state index in [1.807, 2.05) is 18.7 Å². The molecule has 1 aliphatic heterocycles. The summed E-state index contributed by atoms with van der Waals surface area (Å²) in [5.41, 5.74) is 0. The first-order valence-corrected chi connectivity index (χ1v) is 9.92. The van der Waals surface area contributed by atoms with Crippen LogP contribution in [0.5, 0.6) is 0 Å². The van der Waals surface area contributed by atoms with Gasteiger partial charge in [0.1, 0.15) is 0 Å². The molecule has 0 aromatic rings. The summed E-state index contributed by atoms with van der Waals surface area (Å²) in [4.78, 5) is 27.9. The number of piperidine rings is 1. The molecule has 0 bridgehead atoms. The van der Waals surface area contributed by atoms with Crippen molar-refractivity contribution in [2.45, 2.75) is 77.4 Å². The monoisotopic (exact) mass is 389 g/mol. The molecule has 1 saturated carbocycles. The Balaban J connectivity index is 0.00000338. The van der Waals surface area contributed by atoms with Crippen LogP contribution in [0.15, 0.2) is 0 Å². The first-order valence-electron chi connectivity index (χ1n) is 9.92. The fraction of sp³-hybridized carbons (Fsp3) is 0.895. The van der Waals surface area contributed by atoms with Crippen LogP contribution in [0.4, 0.5) is 0 Å². The number of nitrogens with one attached hydrogen (secondary N) is 1. The molecule has 2 fully saturated rings. The van der Waals surface area contributed by atoms with E-state index < -0.39 is 5.97 Å². The normalized spacial score (nSPS) is 26.2. The highest BCUT2D eigenvalue weighted by Gasteiger charge is 2.31. The second kappa shape index (κ2) is 11.1. The van der Waals surface area contributed by atoms with E-state index in [2.05, 4.69) is 17.1 Å². The predicted molar refractivity (Wildman–Crippen MR) is 106 cm³/mol. The minimum Gasteiger partial charge on any atom is -0.480 e. The summed E-state index contributed by atoms with van der Waals surface area (Å²) in [6.07, 6.45) is 6.66. The van der Waals surface area contributed by atoms with Crippen molar-refractivity contribution in [3.05, 3.63) is 0 Å². The third-order valence-electron chi connectivity index (χ3n) is 6.13. The topological polar surface area (TPSA) is 72.9 Å². The zero-order chi connectivity index (χ0) is 18.4. The lowest BCUT2D eigenvalue weighted by atomic mass is 9.86. The maximum Gasteiger partial charge on any atom is 0.317 e. The lowest BCUT2D eigenvalue weighted by Gasteiger charge is -2.40. The molecule has 6 nitrogen and oxygen atoms in total. The number of carbonyl (C=O) groups is 2. The van der Waals surface area contributed by atoms with Gasteiger partial charge in [0.25, 0.3) is 0 Å². The molecule has 1 amide bonds. The van der Waals surface area contributed by atoms with E-state index in [9.17, 15) is 9.59 Å². The highest BCUT2D eigenvalue weighted by Crippen LogP contribution is 2.24. The van der Waals surface area contributed by atoms with Gasteiger partial charge in [0.05, 0.1) is 12.6 Å². The highest BCUT2D eigenvalue weighted by atomic mass is 35.5. The molecule has 7 heteroatoms. The van der Waals surface area contributed by atoms with Gasteiger partial charge in [0, 0.05) is 25.2 Å². The van der Waals surface area contributed by atoms with Crippen molar-refractivity contribution in [2.24, 2.45) is 5.92 Å². The number of carboxylic acids is 1. The van der Waals surface area contributed by atoms with E-state index in [0.717, 1.165) is 38.9 Å². The van der Waals surface area contributed by atoms with Gasteiger partial charge in [-0.2, -0.15) is 0 Å². The zero-order valence-electron chi connectivity index (χ0n) is 16.4. The number of halogens is 1. The summed E-state index contributed by atoms with van der Waals surface area (Å²) in [6, 6.07) is 0.531. The minimum atomic E-state index is -0.765. The molecule has 1 heterocycles. The van der Waals surface area contributed by atoms with Gasteiger partial charge < -0.3 is 10.4 Å². The predicted octanol–water partition coefficient (Wildman–Crippen LogP) is 2.36. The second-order valence-electron chi connectivity index (χ2n) is 7.78. The average molecular weight is 390 g/mol. The molecule has 26 heavy (non-hydrogen) atoms. The van der Waals surface area contributed by atoms with Gasteiger partial charge in [-0.3, -0.25) is 19.4 Å². The summed E-state index contributed by atoms with van der Waals surface area (Å²) in [6.45, 7) is 8.82. The number of likely N-dealkylation sites (tertiary alicyclic amines) is 1. The molecule has 0 aromatic heterocycles. The molecular formula is C19H36ClN3O3. The Bertz CT molecular complexity index is 455. The van der Waals surface area contributed by atoms with Gasteiger partial charge in [-0.05, 0) is 45.1 Å². The van der Waals surface area contributed by atoms with Crippen LogP contribution >= 0.6 is 12.4 Å². The van der Waals surface area contributed by atoms with Crippen LogP contribution in [0.25, 0.3) is 0 Å². The Hall–Kier alpha value is -0.850. The van der Waals surface area contributed by atoms with Crippen molar-refractivity contribution in [1.82, 2.24) is 15.1 Å². The van der Waals surface area contributed by atoms with E-state index in [4.69, 9.17) is 5.11 Å². The number of rotatable bonds is 7. The molecule has 1 aliphatic carbocycles. The molecule has 2 N–H and O–H groups in total. The SMILES string of the molecule is CCN(CC(=O)O)C1CCN(C(C)C(=O)NC2CCCCC2C)CC1.Cl. The number of carbonyl (C=O) groups excluding carboxylic acids is 1. The molecule has 3 atom stereocenters. The van der Waals surface area contributed by atoms with Gasteiger partial charge in [0.15, 0.2) is 0 Å². The number of hydrogen-bond donors (Lipinski definition) is 2. The molecule has 0 spiro atoms. The minimum absolute atomic E-state index is 0. The van der Waals surface area contributed by atoms with E-state index >= 15 is 0 Å².